The summed E-state index contributed by atoms with van der Waals surface area (Å²) in [4.78, 5) is 0. The summed E-state index contributed by atoms with van der Waals surface area (Å²) in [7, 11) is 0. The third-order valence-corrected chi connectivity index (χ3v) is 6.60. The van der Waals surface area contributed by atoms with E-state index in [9.17, 15) is 0 Å². The number of hydrogen-bond donors (Lipinski definition) is 0. The van der Waals surface area contributed by atoms with Gasteiger partial charge in [-0.05, 0) is 104 Å². The minimum absolute atomic E-state index is 0. The maximum atomic E-state index is 8.00. The van der Waals surface area contributed by atoms with Crippen molar-refractivity contribution >= 4 is 70.4 Å². The standard InChI is InChI=1S/C12H8BrI.2C12H9Br.6Y/c13-11-5-1-9(2-6-11)10-3-7-12(14)8-4-10;2*13-12-8-6-11(7-9-12)10-4-2-1-3-5-10;;;;;;/h1-8H;2*1-9H;;;;;;/i1D,2D,3D,4D,5D,6D,7D,8D;1D,2D,3D,4D,5D,6D,7D,8D,9D;;;;;;;. The molecule has 0 nitrogen and oxygen atoms in total. The Bertz CT molecular complexity index is 2180. The maximum absolute atomic E-state index is 8.00. The van der Waals surface area contributed by atoms with Crippen molar-refractivity contribution in [3.05, 3.63) is 174 Å². The fourth-order valence-electron chi connectivity index (χ4n) is 2.91. The number of halogens is 4. The van der Waals surface area contributed by atoms with E-state index < -0.39 is 54.4 Å². The van der Waals surface area contributed by atoms with Crippen molar-refractivity contribution in [3.63, 3.8) is 0 Å². The smallest absolute Gasteiger partial charge is 0.0622 e. The summed E-state index contributed by atoms with van der Waals surface area (Å²) in [5, 5.41) is 0. The van der Waals surface area contributed by atoms with Gasteiger partial charge in [0.2, 0.25) is 0 Å². The number of rotatable bonds is 3. The Labute approximate surface area is 488 Å². The second-order valence-electron chi connectivity index (χ2n) is 7.44. The molecule has 10 heteroatoms. The second kappa shape index (κ2) is 31.5. The van der Waals surface area contributed by atoms with Crippen LogP contribution in [-0.4, -0.2) is 0 Å². The molecule has 0 atom stereocenters. The molecular formula is C36H26Br3IY6. The normalized spacial score (nSPS) is 13.9. The molecule has 0 N–H and O–H groups in total. The molecule has 0 aliphatic rings. The summed E-state index contributed by atoms with van der Waals surface area (Å²) in [6.07, 6.45) is 0. The van der Waals surface area contributed by atoms with Crippen molar-refractivity contribution in [1.82, 2.24) is 0 Å². The van der Waals surface area contributed by atoms with E-state index in [1.807, 2.05) is 6.07 Å². The Morgan fingerprint density at radius 1 is 0.348 bits per heavy atom. The fourth-order valence-corrected chi connectivity index (χ4v) is 3.85. The van der Waals surface area contributed by atoms with Gasteiger partial charge in [-0.3, -0.25) is 0 Å². The van der Waals surface area contributed by atoms with Crippen molar-refractivity contribution < 1.29 is 220 Å². The van der Waals surface area contributed by atoms with Crippen LogP contribution in [0, 0.1) is 3.57 Å². The molecule has 0 heterocycles. The summed E-state index contributed by atoms with van der Waals surface area (Å²) in [5.41, 5.74) is 1.41. The Morgan fingerprint density at radius 2 is 0.696 bits per heavy atom. The van der Waals surface area contributed by atoms with Crippen LogP contribution < -0.4 is 0 Å². The molecule has 6 radical (unpaired) electrons. The van der Waals surface area contributed by atoms with E-state index in [0.29, 0.717) is 0 Å². The van der Waals surface area contributed by atoms with Gasteiger partial charge in [0, 0.05) is 213 Å². The number of benzene rings is 6. The van der Waals surface area contributed by atoms with E-state index in [2.05, 4.69) is 96.3 Å². The molecular weight excluding hydrogens is 1330 g/mol. The molecule has 0 saturated heterocycles. The third kappa shape index (κ3) is 20.5. The van der Waals surface area contributed by atoms with Gasteiger partial charge in [0.05, 0.1) is 23.3 Å². The second-order valence-corrected chi connectivity index (χ2v) is 11.0. The zero-order valence-electron chi connectivity index (χ0n) is 40.7. The van der Waals surface area contributed by atoms with Gasteiger partial charge in [-0.15, -0.1) is 0 Å². The molecule has 0 fully saturated rings. The largest absolute Gasteiger partial charge is 0.0635 e. The first-order chi connectivity index (χ1) is 26.6. The average molecular weight is 1380 g/mol. The van der Waals surface area contributed by atoms with Crippen LogP contribution in [0.4, 0.5) is 0 Å². The van der Waals surface area contributed by atoms with E-state index in [0.717, 1.165) is 4.47 Å². The first-order valence-corrected chi connectivity index (χ1v) is 14.7. The fraction of sp³-hybridized carbons (Fsp3) is 0. The predicted molar refractivity (Wildman–Crippen MR) is 191 cm³/mol. The molecule has 0 aliphatic heterocycles. The molecule has 0 aliphatic carbocycles. The SMILES string of the molecule is Brc1ccc(-c2ccccc2)cc1.[2H]c1c([2H])c(-c2c([2H])c([2H])c(I)c([2H])c2[2H])c([2H])c([2H])c1Br.[2H]c1c([2H])c([2H])c(-c2c([2H])c([2H])c(Br)c([2H])c2[2H])c([2H])c1[2H].[Y].[Y].[Y].[Y].[Y].[Y]. The van der Waals surface area contributed by atoms with Crippen LogP contribution in [0.3, 0.4) is 0 Å². The van der Waals surface area contributed by atoms with Gasteiger partial charge in [0.25, 0.3) is 0 Å². The van der Waals surface area contributed by atoms with Gasteiger partial charge in [0.15, 0.2) is 0 Å². The van der Waals surface area contributed by atoms with Crippen molar-refractivity contribution in [2.75, 3.05) is 0 Å². The van der Waals surface area contributed by atoms with Crippen LogP contribution in [0.1, 0.15) is 23.3 Å². The molecule has 6 rings (SSSR count). The Balaban J connectivity index is -0.000000841. The predicted octanol–water partition coefficient (Wildman–Crippen LogP) is 12.9. The van der Waals surface area contributed by atoms with Crippen LogP contribution in [0.5, 0.6) is 0 Å². The monoisotopic (exact) mass is 1370 g/mol. The summed E-state index contributed by atoms with van der Waals surface area (Å²) >= 11 is 11.1. The van der Waals surface area contributed by atoms with Crippen molar-refractivity contribution in [2.45, 2.75) is 0 Å². The Hall–Kier alpha value is 4.11. The van der Waals surface area contributed by atoms with Crippen LogP contribution in [-0.2, 0) is 196 Å². The van der Waals surface area contributed by atoms with Crippen molar-refractivity contribution in [1.29, 1.82) is 0 Å². The molecule has 0 aromatic heterocycles. The molecule has 46 heavy (non-hydrogen) atoms. The van der Waals surface area contributed by atoms with Crippen LogP contribution >= 0.6 is 70.4 Å². The summed E-state index contributed by atoms with van der Waals surface area (Å²) in [6, 6.07) is 11.4. The van der Waals surface area contributed by atoms with E-state index in [4.69, 9.17) is 23.3 Å². The van der Waals surface area contributed by atoms with Gasteiger partial charge < -0.3 is 0 Å². The van der Waals surface area contributed by atoms with Crippen LogP contribution in [0.15, 0.2) is 171 Å². The molecule has 0 amide bonds. The van der Waals surface area contributed by atoms with E-state index in [1.54, 1.807) is 22.6 Å². The first-order valence-electron chi connectivity index (χ1n) is 19.7. The van der Waals surface area contributed by atoms with E-state index in [-0.39, 0.29) is 279 Å². The quantitative estimate of drug-likeness (QED) is 0.155. The van der Waals surface area contributed by atoms with Gasteiger partial charge in [0.1, 0.15) is 0 Å². The van der Waals surface area contributed by atoms with Crippen LogP contribution in [0.25, 0.3) is 33.4 Å². The topological polar surface area (TPSA) is 0 Å². The number of hydrogen-bond acceptors (Lipinski definition) is 0. The third-order valence-electron chi connectivity index (χ3n) is 4.73. The molecule has 6 aromatic carbocycles. The molecule has 0 unspecified atom stereocenters. The molecule has 0 saturated carbocycles. The van der Waals surface area contributed by atoms with Crippen molar-refractivity contribution in [2.24, 2.45) is 0 Å². The average Bonchev–Trinajstić information content (AvgIpc) is 3.21. The first kappa shape index (κ1) is 29.4. The summed E-state index contributed by atoms with van der Waals surface area (Å²) in [5.74, 6) is 0. The van der Waals surface area contributed by atoms with E-state index >= 15 is 0 Å². The Morgan fingerprint density at radius 3 is 1.11 bits per heavy atom. The molecule has 216 valence electrons. The minimum Gasteiger partial charge on any atom is -0.0622 e. The Kier molecular flexibility index (Phi) is 20.1. The molecule has 0 spiro atoms. The zero-order valence-corrected chi connectivity index (χ0v) is 47.6. The van der Waals surface area contributed by atoms with Gasteiger partial charge in [-0.25, -0.2) is 0 Å². The molecule has 0 bridgehead atoms. The van der Waals surface area contributed by atoms with Crippen molar-refractivity contribution in [3.8, 4) is 33.4 Å². The molecule has 6 aromatic rings. The van der Waals surface area contributed by atoms with E-state index in [1.165, 1.54) is 11.1 Å². The van der Waals surface area contributed by atoms with Gasteiger partial charge >= 0.3 is 0 Å². The van der Waals surface area contributed by atoms with Crippen LogP contribution in [0.2, 0.25) is 0 Å². The van der Waals surface area contributed by atoms with Gasteiger partial charge in [-0.1, -0.05) is 157 Å². The summed E-state index contributed by atoms with van der Waals surface area (Å²) in [6.45, 7) is 0. The maximum Gasteiger partial charge on any atom is 0.0635 e. The zero-order chi connectivity index (χ0) is 43.0. The summed E-state index contributed by atoms with van der Waals surface area (Å²) < 4.78 is 135. The minimum atomic E-state index is -0.587. The van der Waals surface area contributed by atoms with Gasteiger partial charge in [-0.2, -0.15) is 0 Å².